The zero-order valence-electron chi connectivity index (χ0n) is 16.1. The van der Waals surface area contributed by atoms with Crippen LogP contribution in [-0.4, -0.2) is 24.5 Å². The Labute approximate surface area is 174 Å². The normalized spacial score (nSPS) is 16.4. The van der Waals surface area contributed by atoms with Crippen molar-refractivity contribution in [1.29, 1.82) is 0 Å². The van der Waals surface area contributed by atoms with E-state index >= 15 is 0 Å². The summed E-state index contributed by atoms with van der Waals surface area (Å²) in [5.74, 6) is -0.0131. The first-order chi connectivity index (χ1) is 13.1. The number of benzene rings is 1. The highest BCUT2D eigenvalue weighted by Gasteiger charge is 2.31. The van der Waals surface area contributed by atoms with Crippen LogP contribution in [0.2, 0.25) is 0 Å². The molecule has 1 unspecified atom stereocenters. The number of rotatable bonds is 7. The molecular formula is C21H25BrNO4S+. The van der Waals surface area contributed by atoms with Gasteiger partial charge in [0.1, 0.15) is 6.54 Å². The van der Waals surface area contributed by atoms with Gasteiger partial charge in [0.25, 0.3) is 10.1 Å². The quantitative estimate of drug-likeness (QED) is 0.384. The molecule has 5 nitrogen and oxygen atoms in total. The largest absolute Gasteiger partial charge is 0.294 e. The van der Waals surface area contributed by atoms with Crippen molar-refractivity contribution < 1.29 is 22.3 Å². The van der Waals surface area contributed by atoms with Crippen LogP contribution in [0.15, 0.2) is 35.1 Å². The van der Waals surface area contributed by atoms with Crippen LogP contribution in [0.5, 0.6) is 0 Å². The van der Waals surface area contributed by atoms with Crippen LogP contribution >= 0.6 is 15.9 Å². The number of hydrogen-bond acceptors (Lipinski definition) is 3. The van der Waals surface area contributed by atoms with Gasteiger partial charge >= 0.3 is 0 Å². The first-order valence-electron chi connectivity index (χ1n) is 9.41. The molecule has 0 saturated carbocycles. The molecule has 1 aromatic heterocycles. The first kappa shape index (κ1) is 21.1. The zero-order chi connectivity index (χ0) is 20.5. The second-order valence-electron chi connectivity index (χ2n) is 7.61. The summed E-state index contributed by atoms with van der Waals surface area (Å²) in [6.07, 6.45) is 6.46. The third-order valence-electron chi connectivity index (χ3n) is 5.41. The van der Waals surface area contributed by atoms with E-state index in [1.54, 1.807) is 0 Å². The van der Waals surface area contributed by atoms with E-state index in [1.807, 2.05) is 36.0 Å². The topological polar surface area (TPSA) is 75.3 Å². The number of ketones is 1. The molecule has 7 heteroatoms. The van der Waals surface area contributed by atoms with Gasteiger partial charge in [0.2, 0.25) is 0 Å². The van der Waals surface area contributed by atoms with Crippen molar-refractivity contribution in [3.8, 4) is 0 Å². The summed E-state index contributed by atoms with van der Waals surface area (Å²) in [5.41, 5.74) is 5.49. The Hall–Kier alpha value is -1.57. The molecule has 1 heterocycles. The standard InChI is InChI=1S/C21H24BrNO4S/c1-14-9-17-12-18(21(24)19(17)10-15(14)2)11-16-5-7-23(13-20(16)22)6-3-4-8-28(25,26)27/h5,7,9-10,13,18H,3-4,6,8,11-12H2,1-2H3/p+1. The SMILES string of the molecule is Cc1cc2c(cc1C)C(=O)C(Cc1cc[n+](CCCCS(=O)(=O)O)cc1Br)C2. The van der Waals surface area contributed by atoms with Gasteiger partial charge in [-0.3, -0.25) is 9.35 Å². The average molecular weight is 467 g/mol. The van der Waals surface area contributed by atoms with Crippen molar-refractivity contribution in [2.45, 2.75) is 46.1 Å². The molecule has 0 fully saturated rings. The van der Waals surface area contributed by atoms with Gasteiger partial charge < -0.3 is 0 Å². The lowest BCUT2D eigenvalue weighted by Gasteiger charge is -2.09. The van der Waals surface area contributed by atoms with Crippen molar-refractivity contribution in [2.24, 2.45) is 5.92 Å². The molecule has 0 radical (unpaired) electrons. The average Bonchev–Trinajstić information content (AvgIpc) is 2.89. The molecule has 0 amide bonds. The van der Waals surface area contributed by atoms with Crippen molar-refractivity contribution in [1.82, 2.24) is 0 Å². The van der Waals surface area contributed by atoms with E-state index in [4.69, 9.17) is 4.55 Å². The fourth-order valence-corrected chi connectivity index (χ4v) is 4.83. The first-order valence-corrected chi connectivity index (χ1v) is 11.8. The Kier molecular flexibility index (Phi) is 6.37. The van der Waals surface area contributed by atoms with Crippen LogP contribution in [-0.2, 0) is 29.5 Å². The van der Waals surface area contributed by atoms with Gasteiger partial charge in [0.05, 0.1) is 10.2 Å². The molecule has 3 rings (SSSR count). The van der Waals surface area contributed by atoms with Gasteiger partial charge in [-0.1, -0.05) is 6.07 Å². The van der Waals surface area contributed by atoms with Crippen molar-refractivity contribution in [3.63, 3.8) is 0 Å². The third kappa shape index (κ3) is 5.07. The number of aromatic nitrogens is 1. The summed E-state index contributed by atoms with van der Waals surface area (Å²) in [4.78, 5) is 12.8. The summed E-state index contributed by atoms with van der Waals surface area (Å²) < 4.78 is 33.2. The number of pyridine rings is 1. The van der Waals surface area contributed by atoms with Crippen molar-refractivity contribution in [2.75, 3.05) is 5.75 Å². The Bertz CT molecular complexity index is 1020. The van der Waals surface area contributed by atoms with E-state index in [0.717, 1.165) is 33.1 Å². The number of fused-ring (bicyclic) bond motifs is 1. The summed E-state index contributed by atoms with van der Waals surface area (Å²) >= 11 is 3.61. The van der Waals surface area contributed by atoms with E-state index < -0.39 is 10.1 Å². The number of hydrogen-bond donors (Lipinski definition) is 1. The molecule has 0 aliphatic heterocycles. The van der Waals surface area contributed by atoms with Gasteiger partial charge in [0, 0.05) is 24.0 Å². The maximum atomic E-state index is 12.8. The highest BCUT2D eigenvalue weighted by atomic mass is 79.9. The summed E-state index contributed by atoms with van der Waals surface area (Å²) in [5, 5.41) is 0. The number of nitrogens with zero attached hydrogens (tertiary/aromatic N) is 1. The maximum absolute atomic E-state index is 12.8. The number of aryl methyl sites for hydroxylation is 3. The van der Waals surface area contributed by atoms with E-state index in [9.17, 15) is 13.2 Å². The molecule has 1 aromatic carbocycles. The smallest absolute Gasteiger partial charge is 0.264 e. The van der Waals surface area contributed by atoms with Crippen molar-refractivity contribution >= 4 is 31.8 Å². The lowest BCUT2D eigenvalue weighted by molar-refractivity contribution is -0.697. The van der Waals surface area contributed by atoms with Gasteiger partial charge in [-0.05, 0) is 77.4 Å². The van der Waals surface area contributed by atoms with E-state index in [-0.39, 0.29) is 17.5 Å². The van der Waals surface area contributed by atoms with Gasteiger partial charge in [-0.2, -0.15) is 8.42 Å². The Morgan fingerprint density at radius 3 is 2.61 bits per heavy atom. The fraction of sp³-hybridized carbons (Fsp3) is 0.429. The van der Waals surface area contributed by atoms with Gasteiger partial charge in [-0.25, -0.2) is 4.57 Å². The Morgan fingerprint density at radius 2 is 1.93 bits per heavy atom. The molecule has 1 aliphatic carbocycles. The van der Waals surface area contributed by atoms with Crippen LogP contribution < -0.4 is 4.57 Å². The Balaban J connectivity index is 1.63. The number of unbranched alkanes of at least 4 members (excludes halogenated alkanes) is 1. The predicted molar refractivity (Wildman–Crippen MR) is 111 cm³/mol. The minimum Gasteiger partial charge on any atom is -0.294 e. The van der Waals surface area contributed by atoms with E-state index in [2.05, 4.69) is 28.9 Å². The molecule has 0 spiro atoms. The highest BCUT2D eigenvalue weighted by Crippen LogP contribution is 2.32. The van der Waals surface area contributed by atoms with Crippen LogP contribution in [0, 0.1) is 19.8 Å². The second-order valence-corrected chi connectivity index (χ2v) is 10.0. The predicted octanol–water partition coefficient (Wildman–Crippen LogP) is 3.62. The molecule has 1 aliphatic rings. The second kappa shape index (κ2) is 8.43. The highest BCUT2D eigenvalue weighted by molar-refractivity contribution is 9.10. The number of Topliss-reactive ketones (excluding diaryl/α,β-unsaturated/α-hetero) is 1. The number of halogens is 1. The molecule has 28 heavy (non-hydrogen) atoms. The Morgan fingerprint density at radius 1 is 1.21 bits per heavy atom. The minimum absolute atomic E-state index is 0.0295. The molecule has 0 bridgehead atoms. The van der Waals surface area contributed by atoms with Crippen molar-refractivity contribution in [3.05, 3.63) is 62.9 Å². The number of carbonyl (C=O) groups is 1. The van der Waals surface area contributed by atoms with Crippen LogP contribution in [0.4, 0.5) is 0 Å². The van der Waals surface area contributed by atoms with Gasteiger partial charge in [0.15, 0.2) is 18.2 Å². The minimum atomic E-state index is -3.89. The molecule has 1 atom stereocenters. The number of carbonyl (C=O) groups excluding carboxylic acids is 1. The fourth-order valence-electron chi connectivity index (χ4n) is 3.70. The monoisotopic (exact) mass is 466 g/mol. The summed E-state index contributed by atoms with van der Waals surface area (Å²) in [7, 11) is -3.89. The van der Waals surface area contributed by atoms with Crippen LogP contribution in [0.25, 0.3) is 0 Å². The lowest BCUT2D eigenvalue weighted by atomic mass is 9.96. The van der Waals surface area contributed by atoms with Crippen LogP contribution in [0.1, 0.15) is 45.5 Å². The lowest BCUT2D eigenvalue weighted by Crippen LogP contribution is -2.33. The zero-order valence-corrected chi connectivity index (χ0v) is 18.5. The maximum Gasteiger partial charge on any atom is 0.264 e. The summed E-state index contributed by atoms with van der Waals surface area (Å²) in [6.45, 7) is 4.79. The van der Waals surface area contributed by atoms with Crippen LogP contribution in [0.3, 0.4) is 0 Å². The van der Waals surface area contributed by atoms with E-state index in [1.165, 1.54) is 5.56 Å². The molecule has 150 valence electrons. The molecule has 0 saturated heterocycles. The molecule has 1 N–H and O–H groups in total. The molecular weight excluding hydrogens is 442 g/mol. The molecule has 2 aromatic rings. The third-order valence-corrected chi connectivity index (χ3v) is 6.93. The summed E-state index contributed by atoms with van der Waals surface area (Å²) in [6, 6.07) is 6.18. The van der Waals surface area contributed by atoms with E-state index in [0.29, 0.717) is 25.8 Å². The van der Waals surface area contributed by atoms with Gasteiger partial charge in [-0.15, -0.1) is 0 Å².